The Hall–Kier alpha value is -1.93. The van der Waals surface area contributed by atoms with Crippen LogP contribution in [0.5, 0.6) is 5.75 Å². The number of aromatic nitrogens is 2. The predicted octanol–water partition coefficient (Wildman–Crippen LogP) is 2.09. The molecule has 1 aromatic carbocycles. The normalized spacial score (nSPS) is 13.1. The number of benzene rings is 1. The lowest BCUT2D eigenvalue weighted by Crippen LogP contribution is -2.27. The summed E-state index contributed by atoms with van der Waals surface area (Å²) in [4.78, 5) is 0.0384. The first-order valence-electron chi connectivity index (χ1n) is 6.76. The number of rotatable bonds is 6. The molecule has 0 aliphatic rings. The van der Waals surface area contributed by atoms with Gasteiger partial charge in [0.1, 0.15) is 16.5 Å². The summed E-state index contributed by atoms with van der Waals surface area (Å²) < 4.78 is 47.7. The van der Waals surface area contributed by atoms with Gasteiger partial charge >= 0.3 is 0 Å². The monoisotopic (exact) mass is 327 g/mol. The van der Waals surface area contributed by atoms with Crippen molar-refractivity contribution in [1.82, 2.24) is 14.5 Å². The minimum Gasteiger partial charge on any atom is -0.496 e. The SMILES string of the molecule is CCn1cc(S(=O)(=O)NC(C)c2c(F)cccc2OC)cn1. The fourth-order valence-electron chi connectivity index (χ4n) is 2.13. The molecule has 1 aromatic heterocycles. The molecule has 2 aromatic rings. The number of hydrogen-bond donors (Lipinski definition) is 1. The molecule has 6 nitrogen and oxygen atoms in total. The van der Waals surface area contributed by atoms with Crippen LogP contribution in [0, 0.1) is 5.82 Å². The van der Waals surface area contributed by atoms with Crippen molar-refractivity contribution in [2.24, 2.45) is 0 Å². The van der Waals surface area contributed by atoms with Gasteiger partial charge in [0.05, 0.1) is 19.3 Å². The molecule has 0 fully saturated rings. The molecule has 2 rings (SSSR count). The van der Waals surface area contributed by atoms with Crippen LogP contribution in [0.25, 0.3) is 0 Å². The summed E-state index contributed by atoms with van der Waals surface area (Å²) in [6, 6.07) is 3.56. The van der Waals surface area contributed by atoms with Crippen LogP contribution in [-0.2, 0) is 16.6 Å². The van der Waals surface area contributed by atoms with E-state index in [-0.39, 0.29) is 10.5 Å². The second-order valence-corrected chi connectivity index (χ2v) is 6.44. The minimum absolute atomic E-state index is 0.0384. The molecule has 1 unspecified atom stereocenters. The van der Waals surface area contributed by atoms with Crippen LogP contribution in [0.4, 0.5) is 4.39 Å². The fraction of sp³-hybridized carbons (Fsp3) is 0.357. The Bertz CT molecular complexity index is 758. The Labute approximate surface area is 129 Å². The first kappa shape index (κ1) is 16.4. The molecular weight excluding hydrogens is 309 g/mol. The summed E-state index contributed by atoms with van der Waals surface area (Å²) in [5.41, 5.74) is 0.163. The molecule has 0 aliphatic heterocycles. The molecule has 1 atom stereocenters. The Balaban J connectivity index is 2.30. The molecule has 1 N–H and O–H groups in total. The van der Waals surface area contributed by atoms with Crippen LogP contribution in [0.3, 0.4) is 0 Å². The Morgan fingerprint density at radius 3 is 2.77 bits per heavy atom. The first-order chi connectivity index (χ1) is 10.4. The molecule has 0 spiro atoms. The number of hydrogen-bond acceptors (Lipinski definition) is 4. The molecule has 8 heteroatoms. The van der Waals surface area contributed by atoms with Crippen molar-refractivity contribution in [2.45, 2.75) is 31.3 Å². The van der Waals surface area contributed by atoms with Crippen molar-refractivity contribution in [3.8, 4) is 5.75 Å². The van der Waals surface area contributed by atoms with Gasteiger partial charge in [-0.25, -0.2) is 17.5 Å². The number of halogens is 1. The lowest BCUT2D eigenvalue weighted by Gasteiger charge is -2.17. The largest absolute Gasteiger partial charge is 0.496 e. The zero-order chi connectivity index (χ0) is 16.3. The smallest absolute Gasteiger partial charge is 0.244 e. The maximum atomic E-state index is 14.0. The molecule has 0 aliphatic carbocycles. The zero-order valence-corrected chi connectivity index (χ0v) is 13.4. The highest BCUT2D eigenvalue weighted by Gasteiger charge is 2.24. The van der Waals surface area contributed by atoms with E-state index in [1.807, 2.05) is 6.92 Å². The fourth-order valence-corrected chi connectivity index (χ4v) is 3.30. The van der Waals surface area contributed by atoms with Crippen LogP contribution in [-0.4, -0.2) is 25.3 Å². The second kappa shape index (κ2) is 6.45. The Morgan fingerprint density at radius 2 is 2.18 bits per heavy atom. The van der Waals surface area contributed by atoms with Crippen molar-refractivity contribution in [1.29, 1.82) is 0 Å². The molecule has 0 saturated heterocycles. The van der Waals surface area contributed by atoms with Gasteiger partial charge in [-0.1, -0.05) is 6.07 Å². The van der Waals surface area contributed by atoms with Crippen molar-refractivity contribution in [2.75, 3.05) is 7.11 Å². The molecule has 1 heterocycles. The van der Waals surface area contributed by atoms with Crippen LogP contribution < -0.4 is 9.46 Å². The van der Waals surface area contributed by atoms with Crippen LogP contribution in [0.1, 0.15) is 25.5 Å². The molecule has 22 heavy (non-hydrogen) atoms. The quantitative estimate of drug-likeness (QED) is 0.882. The molecule has 0 radical (unpaired) electrons. The number of methoxy groups -OCH3 is 1. The van der Waals surface area contributed by atoms with Gasteiger partial charge in [-0.05, 0) is 26.0 Å². The number of ether oxygens (including phenoxy) is 1. The average molecular weight is 327 g/mol. The van der Waals surface area contributed by atoms with Gasteiger partial charge in [0, 0.05) is 18.3 Å². The van der Waals surface area contributed by atoms with Gasteiger partial charge < -0.3 is 4.74 Å². The van der Waals surface area contributed by atoms with E-state index >= 15 is 0 Å². The number of nitrogens with zero attached hydrogens (tertiary/aromatic N) is 2. The van der Waals surface area contributed by atoms with Crippen LogP contribution >= 0.6 is 0 Å². The molecule has 0 saturated carbocycles. The summed E-state index contributed by atoms with van der Waals surface area (Å²) in [5.74, 6) is -0.238. The van der Waals surface area contributed by atoms with Crippen molar-refractivity contribution >= 4 is 10.0 Å². The van der Waals surface area contributed by atoms with E-state index in [0.29, 0.717) is 12.3 Å². The minimum atomic E-state index is -3.79. The third kappa shape index (κ3) is 3.28. The highest BCUT2D eigenvalue weighted by molar-refractivity contribution is 7.89. The van der Waals surface area contributed by atoms with Gasteiger partial charge in [-0.15, -0.1) is 0 Å². The number of sulfonamides is 1. The molecular formula is C14H18FN3O3S. The van der Waals surface area contributed by atoms with Gasteiger partial charge in [-0.3, -0.25) is 4.68 Å². The topological polar surface area (TPSA) is 73.2 Å². The van der Waals surface area contributed by atoms with Crippen molar-refractivity contribution < 1.29 is 17.5 Å². The van der Waals surface area contributed by atoms with Crippen LogP contribution in [0.15, 0.2) is 35.5 Å². The number of aryl methyl sites for hydroxylation is 1. The first-order valence-corrected chi connectivity index (χ1v) is 8.24. The maximum absolute atomic E-state index is 14.0. The second-order valence-electron chi connectivity index (χ2n) is 4.73. The van der Waals surface area contributed by atoms with E-state index in [4.69, 9.17) is 4.74 Å². The highest BCUT2D eigenvalue weighted by Crippen LogP contribution is 2.28. The zero-order valence-electron chi connectivity index (χ0n) is 12.6. The van der Waals surface area contributed by atoms with E-state index in [1.165, 1.54) is 36.3 Å². The Morgan fingerprint density at radius 1 is 1.45 bits per heavy atom. The lowest BCUT2D eigenvalue weighted by molar-refractivity contribution is 0.398. The van der Waals surface area contributed by atoms with E-state index < -0.39 is 21.9 Å². The van der Waals surface area contributed by atoms with Gasteiger partial charge in [-0.2, -0.15) is 5.10 Å². The van der Waals surface area contributed by atoms with Crippen LogP contribution in [0.2, 0.25) is 0 Å². The summed E-state index contributed by atoms with van der Waals surface area (Å²) in [6.45, 7) is 3.97. The Kier molecular flexibility index (Phi) is 4.82. The highest BCUT2D eigenvalue weighted by atomic mass is 32.2. The number of nitrogens with one attached hydrogen (secondary N) is 1. The maximum Gasteiger partial charge on any atom is 0.244 e. The van der Waals surface area contributed by atoms with E-state index in [2.05, 4.69) is 9.82 Å². The van der Waals surface area contributed by atoms with E-state index in [9.17, 15) is 12.8 Å². The summed E-state index contributed by atoms with van der Waals surface area (Å²) in [5, 5.41) is 3.93. The molecule has 0 amide bonds. The summed E-state index contributed by atoms with van der Waals surface area (Å²) in [7, 11) is -2.39. The van der Waals surface area contributed by atoms with Crippen molar-refractivity contribution in [3.63, 3.8) is 0 Å². The van der Waals surface area contributed by atoms with Gasteiger partial charge in [0.15, 0.2) is 0 Å². The summed E-state index contributed by atoms with van der Waals surface area (Å²) in [6.07, 6.45) is 2.69. The van der Waals surface area contributed by atoms with E-state index in [1.54, 1.807) is 13.0 Å². The van der Waals surface area contributed by atoms with Gasteiger partial charge in [0.25, 0.3) is 0 Å². The molecule has 120 valence electrons. The van der Waals surface area contributed by atoms with Crippen molar-refractivity contribution in [3.05, 3.63) is 42.0 Å². The molecule has 0 bridgehead atoms. The third-order valence-electron chi connectivity index (χ3n) is 3.24. The standard InChI is InChI=1S/C14H18FN3O3S/c1-4-18-9-11(8-16-18)22(19,20)17-10(2)14-12(15)6-5-7-13(14)21-3/h5-10,17H,4H2,1-3H3. The predicted molar refractivity (Wildman–Crippen MR) is 79.6 cm³/mol. The average Bonchev–Trinajstić information content (AvgIpc) is 2.96. The van der Waals surface area contributed by atoms with Gasteiger partial charge in [0.2, 0.25) is 10.0 Å². The third-order valence-corrected chi connectivity index (χ3v) is 4.74. The lowest BCUT2D eigenvalue weighted by atomic mass is 10.1. The summed E-state index contributed by atoms with van der Waals surface area (Å²) >= 11 is 0. The van der Waals surface area contributed by atoms with E-state index in [0.717, 1.165) is 0 Å².